The van der Waals surface area contributed by atoms with E-state index in [1.54, 1.807) is 17.9 Å². The van der Waals surface area contributed by atoms with Crippen molar-refractivity contribution in [1.82, 2.24) is 5.32 Å². The third-order valence-corrected chi connectivity index (χ3v) is 5.45. The van der Waals surface area contributed by atoms with Crippen molar-refractivity contribution >= 4 is 40.1 Å². The van der Waals surface area contributed by atoms with Crippen LogP contribution in [0.2, 0.25) is 0 Å². The highest BCUT2D eigenvalue weighted by molar-refractivity contribution is 6.37. The first-order chi connectivity index (χ1) is 16.0. The van der Waals surface area contributed by atoms with Crippen LogP contribution in [0.3, 0.4) is 0 Å². The Labute approximate surface area is 192 Å². The number of hydrogen-bond acceptors (Lipinski definition) is 4. The van der Waals surface area contributed by atoms with E-state index in [-0.39, 0.29) is 11.8 Å². The Morgan fingerprint density at radius 3 is 2.42 bits per heavy atom. The van der Waals surface area contributed by atoms with E-state index in [4.69, 9.17) is 0 Å². The minimum atomic E-state index is -0.409. The number of amides is 2. The average molecular weight is 445 g/mol. The van der Waals surface area contributed by atoms with Gasteiger partial charge in [0, 0.05) is 37.0 Å². The molecule has 0 radical (unpaired) electrons. The van der Waals surface area contributed by atoms with Gasteiger partial charge in [0.25, 0.3) is 5.91 Å². The van der Waals surface area contributed by atoms with Crippen molar-refractivity contribution in [3.8, 4) is 0 Å². The highest BCUT2D eigenvalue weighted by atomic mass is 19.1. The third-order valence-electron chi connectivity index (χ3n) is 5.45. The van der Waals surface area contributed by atoms with Gasteiger partial charge in [-0.3, -0.25) is 9.59 Å². The smallest absolute Gasteiger partial charge is 0.258 e. The van der Waals surface area contributed by atoms with Crippen molar-refractivity contribution in [2.24, 2.45) is 0 Å². The lowest BCUT2D eigenvalue weighted by Crippen LogP contribution is -2.34. The van der Waals surface area contributed by atoms with Crippen LogP contribution in [0.4, 0.5) is 21.5 Å². The molecule has 1 aliphatic rings. The zero-order valence-corrected chi connectivity index (χ0v) is 18.5. The standard InChI is InChI=1S/C26H25FN4O2/c1-17(32)31(15-14-28-2)21-11-9-20(10-12-21)29-25(18-6-4-3-5-7-18)24-22-13-8-19(27)16-23(22)30-26(24)33/h3-13,16,28-29H,14-15H2,1-2H3,(H,30,33)/b25-24-. The molecule has 3 aromatic rings. The summed E-state index contributed by atoms with van der Waals surface area (Å²) in [7, 11) is 1.84. The Balaban J connectivity index is 1.72. The van der Waals surface area contributed by atoms with E-state index in [0.29, 0.717) is 35.6 Å². The van der Waals surface area contributed by atoms with E-state index in [1.807, 2.05) is 61.6 Å². The molecule has 4 rings (SSSR count). The lowest BCUT2D eigenvalue weighted by molar-refractivity contribution is -0.116. The number of rotatable bonds is 7. The van der Waals surface area contributed by atoms with Gasteiger partial charge >= 0.3 is 0 Å². The van der Waals surface area contributed by atoms with Crippen LogP contribution in [-0.2, 0) is 9.59 Å². The normalized spacial score (nSPS) is 13.8. The van der Waals surface area contributed by atoms with E-state index in [9.17, 15) is 14.0 Å². The van der Waals surface area contributed by atoms with Gasteiger partial charge in [0.05, 0.1) is 17.0 Å². The molecule has 0 fully saturated rings. The summed E-state index contributed by atoms with van der Waals surface area (Å²) in [5.74, 6) is -0.744. The fourth-order valence-corrected chi connectivity index (χ4v) is 3.84. The van der Waals surface area contributed by atoms with Crippen molar-refractivity contribution in [2.45, 2.75) is 6.92 Å². The molecule has 2 amide bonds. The molecule has 0 bridgehead atoms. The van der Waals surface area contributed by atoms with E-state index < -0.39 is 5.82 Å². The third kappa shape index (κ3) is 4.78. The molecule has 1 aliphatic heterocycles. The summed E-state index contributed by atoms with van der Waals surface area (Å²) < 4.78 is 13.7. The molecule has 1 heterocycles. The molecular formula is C26H25FN4O2. The first kappa shape index (κ1) is 22.2. The van der Waals surface area contributed by atoms with Gasteiger partial charge < -0.3 is 20.9 Å². The van der Waals surface area contributed by atoms with Gasteiger partial charge in [-0.05, 0) is 55.1 Å². The van der Waals surface area contributed by atoms with Gasteiger partial charge in [-0.1, -0.05) is 30.3 Å². The van der Waals surface area contributed by atoms with Crippen LogP contribution in [0, 0.1) is 5.82 Å². The molecule has 6 nitrogen and oxygen atoms in total. The molecule has 0 aliphatic carbocycles. The minimum absolute atomic E-state index is 0.0375. The molecular weight excluding hydrogens is 419 g/mol. The molecule has 7 heteroatoms. The highest BCUT2D eigenvalue weighted by Crippen LogP contribution is 2.38. The topological polar surface area (TPSA) is 73.5 Å². The Bertz CT molecular complexity index is 1210. The van der Waals surface area contributed by atoms with Crippen molar-refractivity contribution in [3.05, 3.63) is 89.7 Å². The molecule has 0 atom stereocenters. The van der Waals surface area contributed by atoms with Crippen LogP contribution >= 0.6 is 0 Å². The summed E-state index contributed by atoms with van der Waals surface area (Å²) in [6.07, 6.45) is 0. The maximum absolute atomic E-state index is 13.7. The van der Waals surface area contributed by atoms with Crippen LogP contribution in [0.15, 0.2) is 72.8 Å². The Morgan fingerprint density at radius 2 is 1.76 bits per heavy atom. The molecule has 168 valence electrons. The van der Waals surface area contributed by atoms with Crippen LogP contribution in [0.5, 0.6) is 0 Å². The summed E-state index contributed by atoms with van der Waals surface area (Å²) in [5, 5.41) is 9.18. The molecule has 0 saturated heterocycles. The fraction of sp³-hybridized carbons (Fsp3) is 0.154. The summed E-state index contributed by atoms with van der Waals surface area (Å²) in [5.41, 5.74) is 4.51. The zero-order chi connectivity index (χ0) is 23.4. The lowest BCUT2D eigenvalue weighted by atomic mass is 10.00. The van der Waals surface area contributed by atoms with Crippen LogP contribution in [-0.4, -0.2) is 32.0 Å². The van der Waals surface area contributed by atoms with Crippen LogP contribution < -0.4 is 20.9 Å². The second-order valence-corrected chi connectivity index (χ2v) is 7.71. The lowest BCUT2D eigenvalue weighted by Gasteiger charge is -2.22. The first-order valence-electron chi connectivity index (χ1n) is 10.7. The molecule has 0 spiro atoms. The number of fused-ring (bicyclic) bond motifs is 1. The van der Waals surface area contributed by atoms with Gasteiger partial charge in [0.2, 0.25) is 5.91 Å². The SMILES string of the molecule is CNCCN(C(C)=O)c1ccc(N/C(=C2\C(=O)Nc3cc(F)ccc32)c2ccccc2)cc1. The number of anilines is 3. The molecule has 0 unspecified atom stereocenters. The second-order valence-electron chi connectivity index (χ2n) is 7.71. The minimum Gasteiger partial charge on any atom is -0.354 e. The predicted molar refractivity (Wildman–Crippen MR) is 130 cm³/mol. The van der Waals surface area contributed by atoms with E-state index in [2.05, 4.69) is 16.0 Å². The van der Waals surface area contributed by atoms with Gasteiger partial charge in [-0.2, -0.15) is 0 Å². The number of likely N-dealkylation sites (N-methyl/N-ethyl adjacent to an activating group) is 1. The number of carbonyl (C=O) groups excluding carboxylic acids is 2. The highest BCUT2D eigenvalue weighted by Gasteiger charge is 2.28. The number of hydrogen-bond donors (Lipinski definition) is 3. The summed E-state index contributed by atoms with van der Waals surface area (Å²) in [4.78, 5) is 26.6. The second kappa shape index (κ2) is 9.67. The van der Waals surface area contributed by atoms with Crippen molar-refractivity contribution in [1.29, 1.82) is 0 Å². The van der Waals surface area contributed by atoms with Crippen molar-refractivity contribution in [3.63, 3.8) is 0 Å². The largest absolute Gasteiger partial charge is 0.354 e. The van der Waals surface area contributed by atoms with E-state index in [1.165, 1.54) is 12.1 Å². The van der Waals surface area contributed by atoms with E-state index >= 15 is 0 Å². The molecule has 3 aromatic carbocycles. The first-order valence-corrected chi connectivity index (χ1v) is 10.7. The Hall–Kier alpha value is -3.97. The number of nitrogens with one attached hydrogen (secondary N) is 3. The van der Waals surface area contributed by atoms with Gasteiger partial charge in [-0.15, -0.1) is 0 Å². The Morgan fingerprint density at radius 1 is 1.03 bits per heavy atom. The number of nitrogens with zero attached hydrogens (tertiary/aromatic N) is 1. The number of carbonyl (C=O) groups is 2. The Kier molecular flexibility index (Phi) is 6.51. The summed E-state index contributed by atoms with van der Waals surface area (Å²) >= 11 is 0. The average Bonchev–Trinajstić information content (AvgIpc) is 3.13. The number of benzene rings is 3. The quantitative estimate of drug-likeness (QED) is 0.475. The maximum atomic E-state index is 13.7. The van der Waals surface area contributed by atoms with Crippen molar-refractivity contribution in [2.75, 3.05) is 35.7 Å². The predicted octanol–water partition coefficient (Wildman–Crippen LogP) is 4.33. The fourth-order valence-electron chi connectivity index (χ4n) is 3.84. The number of halogens is 1. The van der Waals surface area contributed by atoms with Gasteiger partial charge in [0.1, 0.15) is 5.82 Å². The van der Waals surface area contributed by atoms with Gasteiger partial charge in [0.15, 0.2) is 0 Å². The molecule has 0 aromatic heterocycles. The van der Waals surface area contributed by atoms with Crippen LogP contribution in [0.25, 0.3) is 11.3 Å². The summed E-state index contributed by atoms with van der Waals surface area (Å²) in [6, 6.07) is 21.3. The van der Waals surface area contributed by atoms with Crippen molar-refractivity contribution < 1.29 is 14.0 Å². The van der Waals surface area contributed by atoms with Gasteiger partial charge in [-0.25, -0.2) is 4.39 Å². The van der Waals surface area contributed by atoms with E-state index in [0.717, 1.165) is 16.9 Å². The maximum Gasteiger partial charge on any atom is 0.258 e. The molecule has 3 N–H and O–H groups in total. The molecule has 0 saturated carbocycles. The van der Waals surface area contributed by atoms with Crippen LogP contribution in [0.1, 0.15) is 18.1 Å². The monoisotopic (exact) mass is 444 g/mol. The zero-order valence-electron chi connectivity index (χ0n) is 18.5. The molecule has 33 heavy (non-hydrogen) atoms. The summed E-state index contributed by atoms with van der Waals surface area (Å²) in [6.45, 7) is 2.78.